The Morgan fingerprint density at radius 2 is 1.80 bits per heavy atom. The Balaban J connectivity index is 0.00000112. The van der Waals surface area contributed by atoms with Crippen LogP contribution >= 0.6 is 23.2 Å². The van der Waals surface area contributed by atoms with E-state index in [0.29, 0.717) is 15.9 Å². The van der Waals surface area contributed by atoms with E-state index in [4.69, 9.17) is 28.6 Å². The molecule has 0 atom stereocenters. The second kappa shape index (κ2) is 5.06. The molecular weight excluding hydrogens is 254 g/mol. The van der Waals surface area contributed by atoms with Gasteiger partial charge in [0.25, 0.3) is 0 Å². The number of benzene rings is 1. The van der Waals surface area contributed by atoms with E-state index in [1.54, 1.807) is 12.1 Å². The highest BCUT2D eigenvalue weighted by molar-refractivity contribution is 6.40. The number of hydrogen-bond donors (Lipinski definition) is 1. The van der Waals surface area contributed by atoms with Crippen molar-refractivity contribution < 1.29 is 12.4 Å². The number of nitrogens with one attached hydrogen (secondary N) is 1. The summed E-state index contributed by atoms with van der Waals surface area (Å²) in [5, 5.41) is 8.98. The zero-order valence-corrected chi connectivity index (χ0v) is 10.2. The molecule has 1 fully saturated rings. The largest absolute Gasteiger partial charge is 1.00 e. The van der Waals surface area contributed by atoms with Crippen LogP contribution in [0.4, 0.5) is 5.69 Å². The third kappa shape index (κ3) is 2.39. The summed E-state index contributed by atoms with van der Waals surface area (Å²) in [7, 11) is 0. The Hall–Kier alpha value is -0.440. The number of amidine groups is 1. The number of para-hydroxylation sites is 1. The van der Waals surface area contributed by atoms with E-state index >= 15 is 0 Å². The molecule has 5 heteroatoms. The number of nitrogens with zero attached hydrogens (tertiary/aromatic N) is 1. The van der Waals surface area contributed by atoms with E-state index in [2.05, 4.69) is 0 Å². The third-order valence-corrected chi connectivity index (χ3v) is 2.94. The average Bonchev–Trinajstić information content (AvgIpc) is 2.52. The molecule has 1 N–H and O–H groups in total. The Morgan fingerprint density at radius 3 is 2.27 bits per heavy atom. The van der Waals surface area contributed by atoms with Crippen molar-refractivity contribution >= 4 is 34.7 Å². The first-order valence-corrected chi connectivity index (χ1v) is 5.24. The molecule has 0 unspecified atom stereocenters. The van der Waals surface area contributed by atoms with Gasteiger partial charge in [-0.1, -0.05) is 29.3 Å². The molecule has 0 aromatic heterocycles. The van der Waals surface area contributed by atoms with Crippen LogP contribution in [0, 0.1) is 5.41 Å². The molecule has 0 aliphatic carbocycles. The second-order valence-corrected chi connectivity index (χ2v) is 4.09. The maximum Gasteiger partial charge on any atom is 0.100 e. The van der Waals surface area contributed by atoms with Crippen molar-refractivity contribution in [2.24, 2.45) is 0 Å². The minimum Gasteiger partial charge on any atom is -1.00 e. The molecule has 1 aromatic rings. The summed E-state index contributed by atoms with van der Waals surface area (Å²) >= 11 is 12.1. The Morgan fingerprint density at radius 1 is 1.20 bits per heavy atom. The van der Waals surface area contributed by atoms with Crippen LogP contribution in [0.15, 0.2) is 18.2 Å². The van der Waals surface area contributed by atoms with Gasteiger partial charge in [0.05, 0.1) is 15.7 Å². The summed E-state index contributed by atoms with van der Waals surface area (Å²) in [6.45, 7) is 0.836. The molecule has 0 spiro atoms. The summed E-state index contributed by atoms with van der Waals surface area (Å²) in [6, 6.07) is 5.41. The number of rotatable bonds is 1. The van der Waals surface area contributed by atoms with Crippen molar-refractivity contribution in [2.45, 2.75) is 12.8 Å². The quantitative estimate of drug-likeness (QED) is 0.789. The first kappa shape index (κ1) is 12.6. The first-order valence-electron chi connectivity index (χ1n) is 4.49. The molecule has 1 heterocycles. The van der Waals surface area contributed by atoms with Crippen LogP contribution in [0.25, 0.3) is 0 Å². The third-order valence-electron chi connectivity index (χ3n) is 2.33. The van der Waals surface area contributed by atoms with Gasteiger partial charge in [-0.25, -0.2) is 0 Å². The fourth-order valence-corrected chi connectivity index (χ4v) is 2.27. The van der Waals surface area contributed by atoms with Crippen LogP contribution < -0.4 is 17.3 Å². The molecule has 1 saturated heterocycles. The molecule has 1 aromatic carbocycles. The van der Waals surface area contributed by atoms with Crippen molar-refractivity contribution in [3.8, 4) is 0 Å². The van der Waals surface area contributed by atoms with Gasteiger partial charge in [0.15, 0.2) is 0 Å². The second-order valence-electron chi connectivity index (χ2n) is 3.27. The Labute approximate surface area is 105 Å². The first-order chi connectivity index (χ1) is 6.70. The van der Waals surface area contributed by atoms with Crippen LogP contribution in [-0.4, -0.2) is 12.4 Å². The van der Waals surface area contributed by atoms with Gasteiger partial charge in [-0.15, -0.1) is 0 Å². The fraction of sp³-hybridized carbons (Fsp3) is 0.300. The van der Waals surface area contributed by atoms with E-state index in [1.165, 1.54) is 0 Å². The Kier molecular flexibility index (Phi) is 4.26. The summed E-state index contributed by atoms with van der Waals surface area (Å²) in [5.74, 6) is 0.597. The topological polar surface area (TPSA) is 27.1 Å². The lowest BCUT2D eigenvalue weighted by molar-refractivity contribution is -0.00000287. The highest BCUT2D eigenvalue weighted by atomic mass is 35.5. The maximum absolute atomic E-state index is 7.75. The average molecular weight is 265 g/mol. The van der Waals surface area contributed by atoms with E-state index in [9.17, 15) is 0 Å². The highest BCUT2D eigenvalue weighted by Gasteiger charge is 2.22. The summed E-state index contributed by atoms with van der Waals surface area (Å²) in [6.07, 6.45) is 1.81. The summed E-state index contributed by atoms with van der Waals surface area (Å²) < 4.78 is 0. The van der Waals surface area contributed by atoms with E-state index in [0.717, 1.165) is 25.1 Å². The summed E-state index contributed by atoms with van der Waals surface area (Å²) in [4.78, 5) is 1.88. The minimum atomic E-state index is 0. The predicted molar refractivity (Wildman–Crippen MR) is 60.8 cm³/mol. The van der Waals surface area contributed by atoms with Gasteiger partial charge in [0.2, 0.25) is 0 Å². The molecule has 2 nitrogen and oxygen atoms in total. The van der Waals surface area contributed by atoms with Crippen LogP contribution in [0.5, 0.6) is 0 Å². The molecular formula is C10H10Cl3N2-. The van der Waals surface area contributed by atoms with Crippen LogP contribution in [-0.2, 0) is 0 Å². The standard InChI is InChI=1S/C10H10Cl2N2.ClH/c11-7-3-1-4-8(12)10(7)14-6-2-5-9(14)13;/h1,3-4,13H,2,5-6H2;1H/p-1. The molecule has 0 radical (unpaired) electrons. The zero-order chi connectivity index (χ0) is 10.1. The van der Waals surface area contributed by atoms with Gasteiger partial charge in [0.1, 0.15) is 5.84 Å². The molecule has 15 heavy (non-hydrogen) atoms. The monoisotopic (exact) mass is 263 g/mol. The van der Waals surface area contributed by atoms with E-state index in [1.807, 2.05) is 11.0 Å². The number of halogens is 3. The lowest BCUT2D eigenvalue weighted by atomic mass is 10.3. The van der Waals surface area contributed by atoms with E-state index in [-0.39, 0.29) is 12.4 Å². The van der Waals surface area contributed by atoms with Crippen LogP contribution in [0.1, 0.15) is 12.8 Å². The molecule has 0 amide bonds. The molecule has 1 aliphatic heterocycles. The lowest BCUT2D eigenvalue weighted by Gasteiger charge is -2.20. The highest BCUT2D eigenvalue weighted by Crippen LogP contribution is 2.35. The van der Waals surface area contributed by atoms with Crippen molar-refractivity contribution in [2.75, 3.05) is 11.4 Å². The molecule has 2 rings (SSSR count). The van der Waals surface area contributed by atoms with Gasteiger partial charge >= 0.3 is 0 Å². The van der Waals surface area contributed by atoms with Gasteiger partial charge in [-0.2, -0.15) is 0 Å². The van der Waals surface area contributed by atoms with Crippen LogP contribution in [0.2, 0.25) is 10.0 Å². The molecule has 82 valence electrons. The van der Waals surface area contributed by atoms with Crippen molar-refractivity contribution in [1.29, 1.82) is 5.41 Å². The van der Waals surface area contributed by atoms with Crippen molar-refractivity contribution in [3.63, 3.8) is 0 Å². The van der Waals surface area contributed by atoms with Crippen LogP contribution in [0.3, 0.4) is 0 Å². The zero-order valence-electron chi connectivity index (χ0n) is 7.93. The fourth-order valence-electron chi connectivity index (χ4n) is 1.67. The lowest BCUT2D eigenvalue weighted by Crippen LogP contribution is -3.00. The van der Waals surface area contributed by atoms with E-state index < -0.39 is 0 Å². The number of anilines is 1. The smallest absolute Gasteiger partial charge is 0.100 e. The summed E-state index contributed by atoms with van der Waals surface area (Å²) in [5.41, 5.74) is 0.776. The normalized spacial score (nSPS) is 15.3. The van der Waals surface area contributed by atoms with Gasteiger partial charge < -0.3 is 17.3 Å². The van der Waals surface area contributed by atoms with Gasteiger partial charge in [-0.3, -0.25) is 5.41 Å². The minimum absolute atomic E-state index is 0. The van der Waals surface area contributed by atoms with Crippen molar-refractivity contribution in [1.82, 2.24) is 0 Å². The molecule has 0 bridgehead atoms. The SMILES string of the molecule is N=C1CCCN1c1c(Cl)cccc1Cl.[Cl-]. The van der Waals surface area contributed by atoms with Gasteiger partial charge in [-0.05, 0) is 18.6 Å². The Bertz CT molecular complexity index is 359. The molecule has 1 aliphatic rings. The van der Waals surface area contributed by atoms with Gasteiger partial charge in [0, 0.05) is 13.0 Å². The maximum atomic E-state index is 7.75. The predicted octanol–water partition coefficient (Wildman–Crippen LogP) is 0.575. The van der Waals surface area contributed by atoms with Crippen molar-refractivity contribution in [3.05, 3.63) is 28.2 Å². The number of hydrogen-bond acceptors (Lipinski definition) is 1. The molecule has 0 saturated carbocycles.